The summed E-state index contributed by atoms with van der Waals surface area (Å²) < 4.78 is 26.1. The Hall–Kier alpha value is -1.16. The molecular weight excluding hydrogens is 280 g/mol. The molecule has 0 radical (unpaired) electrons. The molecule has 3 N–H and O–H groups in total. The lowest BCUT2D eigenvalue weighted by Gasteiger charge is -2.19. The molecular formula is C13H18N2O2S2. The first-order valence-corrected chi connectivity index (χ1v) is 8.36. The Morgan fingerprint density at radius 3 is 2.47 bits per heavy atom. The average Bonchev–Trinajstić information content (AvgIpc) is 2.30. The first kappa shape index (κ1) is 15.9. The summed E-state index contributed by atoms with van der Waals surface area (Å²) in [6, 6.07) is 7.31. The number of nitrogens with two attached hydrogens (primary N) is 1. The number of anilines is 1. The Bertz CT molecular complexity index is 557. The van der Waals surface area contributed by atoms with Crippen LogP contribution in [0.5, 0.6) is 0 Å². The summed E-state index contributed by atoms with van der Waals surface area (Å²) in [7, 11) is -3.37. The highest BCUT2D eigenvalue weighted by Gasteiger charge is 2.21. The molecule has 0 atom stereocenters. The maximum Gasteiger partial charge on any atom is 0.213 e. The molecule has 0 amide bonds. The molecule has 0 aromatic heterocycles. The summed E-state index contributed by atoms with van der Waals surface area (Å²) in [5.41, 5.74) is 5.41. The van der Waals surface area contributed by atoms with E-state index in [2.05, 4.69) is 10.6 Å². The van der Waals surface area contributed by atoms with E-state index in [-0.39, 0.29) is 5.75 Å². The van der Waals surface area contributed by atoms with Gasteiger partial charge in [0.2, 0.25) is 10.0 Å². The lowest BCUT2D eigenvalue weighted by Crippen LogP contribution is -2.43. The maximum atomic E-state index is 11.8. The summed E-state index contributed by atoms with van der Waals surface area (Å²) in [5, 5.41) is 0. The topological polar surface area (TPSA) is 72.2 Å². The van der Waals surface area contributed by atoms with E-state index in [1.54, 1.807) is 26.0 Å². The first-order chi connectivity index (χ1) is 8.74. The lowest BCUT2D eigenvalue weighted by atomic mass is 10.1. The van der Waals surface area contributed by atoms with Crippen LogP contribution in [0.4, 0.5) is 5.69 Å². The number of hydrogen-bond donors (Lipinski definition) is 2. The van der Waals surface area contributed by atoms with Crippen molar-refractivity contribution in [2.45, 2.75) is 24.3 Å². The summed E-state index contributed by atoms with van der Waals surface area (Å²) in [4.78, 5) is 0.987. The zero-order valence-electron chi connectivity index (χ0n) is 11.0. The number of nitrogen functional groups attached to an aromatic ring is 1. The van der Waals surface area contributed by atoms with Crippen LogP contribution in [0.2, 0.25) is 0 Å². The Morgan fingerprint density at radius 2 is 1.95 bits per heavy atom. The molecule has 0 bridgehead atoms. The van der Waals surface area contributed by atoms with E-state index in [4.69, 9.17) is 12.2 Å². The van der Waals surface area contributed by atoms with Gasteiger partial charge in [-0.1, -0.05) is 5.92 Å². The Labute approximate surface area is 119 Å². The van der Waals surface area contributed by atoms with E-state index in [9.17, 15) is 8.42 Å². The van der Waals surface area contributed by atoms with Crippen LogP contribution in [0.15, 0.2) is 29.2 Å². The molecule has 0 aliphatic carbocycles. The highest BCUT2D eigenvalue weighted by molar-refractivity contribution is 8.00. The summed E-state index contributed by atoms with van der Waals surface area (Å²) >= 11 is 1.46. The van der Waals surface area contributed by atoms with Crippen LogP contribution in [0.25, 0.3) is 0 Å². The lowest BCUT2D eigenvalue weighted by molar-refractivity contribution is 0.540. The minimum absolute atomic E-state index is 0.0210. The molecule has 1 aromatic rings. The molecule has 0 fully saturated rings. The highest BCUT2D eigenvalue weighted by atomic mass is 32.2. The number of terminal acetylenes is 1. The molecule has 0 heterocycles. The van der Waals surface area contributed by atoms with Gasteiger partial charge in [0.1, 0.15) is 0 Å². The third-order valence-corrected chi connectivity index (χ3v) is 5.11. The largest absolute Gasteiger partial charge is 0.399 e. The van der Waals surface area contributed by atoms with Crippen LogP contribution >= 0.6 is 11.8 Å². The minimum Gasteiger partial charge on any atom is -0.399 e. The van der Waals surface area contributed by atoms with Crippen molar-refractivity contribution in [3.8, 4) is 12.3 Å². The van der Waals surface area contributed by atoms with Gasteiger partial charge in [0.05, 0.1) is 11.3 Å². The fraction of sp³-hybridized carbons (Fsp3) is 0.385. The zero-order valence-corrected chi connectivity index (χ0v) is 12.6. The van der Waals surface area contributed by atoms with Crippen LogP contribution < -0.4 is 10.5 Å². The third-order valence-electron chi connectivity index (χ3n) is 2.27. The van der Waals surface area contributed by atoms with Crippen molar-refractivity contribution in [3.63, 3.8) is 0 Å². The van der Waals surface area contributed by atoms with E-state index < -0.39 is 15.6 Å². The molecule has 4 nitrogen and oxygen atoms in total. The molecule has 0 saturated heterocycles. The van der Waals surface area contributed by atoms with Gasteiger partial charge < -0.3 is 5.73 Å². The van der Waals surface area contributed by atoms with E-state index >= 15 is 0 Å². The highest BCUT2D eigenvalue weighted by Crippen LogP contribution is 2.19. The number of sulfonamides is 1. The second-order valence-electron chi connectivity index (χ2n) is 4.61. The van der Waals surface area contributed by atoms with Crippen molar-refractivity contribution in [3.05, 3.63) is 24.3 Å². The van der Waals surface area contributed by atoms with E-state index in [0.29, 0.717) is 11.4 Å². The van der Waals surface area contributed by atoms with Crippen molar-refractivity contribution in [1.82, 2.24) is 4.72 Å². The molecule has 1 rings (SSSR count). The van der Waals surface area contributed by atoms with Gasteiger partial charge in [0, 0.05) is 16.3 Å². The summed E-state index contributed by atoms with van der Waals surface area (Å²) in [6.45, 7) is 3.30. The van der Waals surface area contributed by atoms with Crippen molar-refractivity contribution < 1.29 is 8.42 Å². The Morgan fingerprint density at radius 1 is 1.37 bits per heavy atom. The molecule has 19 heavy (non-hydrogen) atoms. The smallest absolute Gasteiger partial charge is 0.213 e. The molecule has 0 unspecified atom stereocenters. The fourth-order valence-electron chi connectivity index (χ4n) is 1.30. The molecule has 1 aromatic carbocycles. The second kappa shape index (κ2) is 6.33. The number of benzene rings is 1. The van der Waals surface area contributed by atoms with Crippen molar-refractivity contribution in [1.29, 1.82) is 0 Å². The maximum absolute atomic E-state index is 11.8. The first-order valence-electron chi connectivity index (χ1n) is 5.72. The minimum atomic E-state index is -3.37. The van der Waals surface area contributed by atoms with Gasteiger partial charge in [-0.2, -0.15) is 4.72 Å². The van der Waals surface area contributed by atoms with Gasteiger partial charge in [0.15, 0.2) is 0 Å². The van der Waals surface area contributed by atoms with Gasteiger partial charge in [0.25, 0.3) is 0 Å². The number of nitrogens with one attached hydrogen (secondary N) is 1. The van der Waals surface area contributed by atoms with Gasteiger partial charge in [-0.05, 0) is 38.1 Å². The Kier molecular flexibility index (Phi) is 5.29. The molecule has 0 spiro atoms. The number of hydrogen-bond acceptors (Lipinski definition) is 4. The monoisotopic (exact) mass is 298 g/mol. The zero-order chi connectivity index (χ0) is 14.5. The van der Waals surface area contributed by atoms with Crippen molar-refractivity contribution in [2.75, 3.05) is 17.2 Å². The van der Waals surface area contributed by atoms with Crippen LogP contribution in [0.1, 0.15) is 13.8 Å². The quantitative estimate of drug-likeness (QED) is 0.476. The third kappa shape index (κ3) is 6.01. The molecule has 6 heteroatoms. The number of rotatable bonds is 6. The molecule has 0 saturated carbocycles. The Balaban J connectivity index is 2.49. The summed E-state index contributed by atoms with van der Waals surface area (Å²) in [6.07, 6.45) is 5.25. The van der Waals surface area contributed by atoms with Gasteiger partial charge in [-0.15, -0.1) is 18.2 Å². The molecule has 0 aliphatic rings. The van der Waals surface area contributed by atoms with Crippen molar-refractivity contribution in [2.24, 2.45) is 0 Å². The predicted molar refractivity (Wildman–Crippen MR) is 81.4 cm³/mol. The van der Waals surface area contributed by atoms with E-state index in [1.807, 2.05) is 12.1 Å². The summed E-state index contributed by atoms with van der Waals surface area (Å²) in [5.74, 6) is 2.88. The van der Waals surface area contributed by atoms with Gasteiger partial charge in [-0.25, -0.2) is 8.42 Å². The van der Waals surface area contributed by atoms with Gasteiger partial charge >= 0.3 is 0 Å². The fourth-order valence-corrected chi connectivity index (χ4v) is 4.02. The average molecular weight is 298 g/mol. The van der Waals surface area contributed by atoms with Crippen LogP contribution in [0, 0.1) is 12.3 Å². The SMILES string of the molecule is C#CC(C)(C)NS(=O)(=O)CCSc1ccc(N)cc1. The second-order valence-corrected chi connectivity index (χ2v) is 7.62. The predicted octanol–water partition coefficient (Wildman–Crippen LogP) is 1.69. The molecule has 0 aliphatic heterocycles. The van der Waals surface area contributed by atoms with Gasteiger partial charge in [-0.3, -0.25) is 0 Å². The molecule has 104 valence electrons. The van der Waals surface area contributed by atoms with Crippen LogP contribution in [-0.2, 0) is 10.0 Å². The number of thioether (sulfide) groups is 1. The standard InChI is InChI=1S/C13H18N2O2S2/c1-4-13(2,3)15-19(16,17)10-9-18-12-7-5-11(14)6-8-12/h1,5-8,15H,9-10,14H2,2-3H3. The van der Waals surface area contributed by atoms with Crippen LogP contribution in [0.3, 0.4) is 0 Å². The normalized spacial score (nSPS) is 12.1. The van der Waals surface area contributed by atoms with Crippen molar-refractivity contribution >= 4 is 27.5 Å². The van der Waals surface area contributed by atoms with E-state index in [1.165, 1.54) is 11.8 Å². The van der Waals surface area contributed by atoms with E-state index in [0.717, 1.165) is 4.90 Å². The van der Waals surface area contributed by atoms with Crippen LogP contribution in [-0.4, -0.2) is 25.5 Å².